The molecular formula is C25H24N2O3. The van der Waals surface area contributed by atoms with E-state index in [0.29, 0.717) is 12.0 Å². The van der Waals surface area contributed by atoms with Crippen LogP contribution < -0.4 is 5.43 Å². The van der Waals surface area contributed by atoms with E-state index in [1.54, 1.807) is 0 Å². The number of nitrogens with one attached hydrogen (secondary N) is 1. The Labute approximate surface area is 175 Å². The molecule has 1 amide bonds. The molecule has 5 heteroatoms. The van der Waals surface area contributed by atoms with Gasteiger partial charge in [0.05, 0.1) is 12.1 Å². The second-order valence-corrected chi connectivity index (χ2v) is 7.94. The highest BCUT2D eigenvalue weighted by Crippen LogP contribution is 2.59. The van der Waals surface area contributed by atoms with Crippen molar-refractivity contribution in [3.63, 3.8) is 0 Å². The van der Waals surface area contributed by atoms with Crippen LogP contribution >= 0.6 is 0 Å². The van der Waals surface area contributed by atoms with Gasteiger partial charge >= 0.3 is 0 Å². The van der Waals surface area contributed by atoms with Crippen LogP contribution in [0.15, 0.2) is 71.8 Å². The maximum atomic E-state index is 12.9. The molecule has 5 nitrogen and oxygen atoms in total. The highest BCUT2D eigenvalue weighted by molar-refractivity contribution is 5.88. The van der Waals surface area contributed by atoms with Crippen molar-refractivity contribution < 1.29 is 15.0 Å². The predicted molar refractivity (Wildman–Crippen MR) is 117 cm³/mol. The molecule has 1 fully saturated rings. The Balaban J connectivity index is 1.59. The molecule has 0 heterocycles. The lowest BCUT2D eigenvalue weighted by atomic mass is 9.84. The number of phenols is 2. The number of nitrogens with zero attached hydrogens (tertiary/aromatic N) is 1. The van der Waals surface area contributed by atoms with Crippen molar-refractivity contribution in [2.24, 2.45) is 11.0 Å². The Morgan fingerprint density at radius 2 is 1.63 bits per heavy atom. The maximum absolute atomic E-state index is 12.9. The van der Waals surface area contributed by atoms with E-state index in [2.05, 4.69) is 60.8 Å². The summed E-state index contributed by atoms with van der Waals surface area (Å²) in [6.07, 6.45) is 2.09. The van der Waals surface area contributed by atoms with Gasteiger partial charge in [-0.05, 0) is 43.5 Å². The molecule has 3 N–H and O–H groups in total. The molecule has 1 unspecified atom stereocenters. The van der Waals surface area contributed by atoms with Crippen LogP contribution in [0.3, 0.4) is 0 Å². The smallest absolute Gasteiger partial charge is 0.244 e. The molecular weight excluding hydrogens is 376 g/mol. The van der Waals surface area contributed by atoms with Crippen molar-refractivity contribution in [3.8, 4) is 11.5 Å². The Morgan fingerprint density at radius 3 is 2.20 bits per heavy atom. The zero-order chi connectivity index (χ0) is 21.3. The molecule has 0 bridgehead atoms. The predicted octanol–water partition coefficient (Wildman–Crippen LogP) is 4.17. The average molecular weight is 400 g/mol. The van der Waals surface area contributed by atoms with E-state index in [0.717, 1.165) is 22.3 Å². The summed E-state index contributed by atoms with van der Waals surface area (Å²) >= 11 is 0. The summed E-state index contributed by atoms with van der Waals surface area (Å²) in [6.45, 7) is 4.11. The fourth-order valence-electron chi connectivity index (χ4n) is 4.11. The number of hydrazone groups is 1. The summed E-state index contributed by atoms with van der Waals surface area (Å²) in [5.74, 6) is -0.528. The number of carbonyl (C=O) groups excluding carboxylic acids is 1. The van der Waals surface area contributed by atoms with Gasteiger partial charge in [0.25, 0.3) is 0 Å². The fourth-order valence-corrected chi connectivity index (χ4v) is 4.11. The molecule has 1 atom stereocenters. The molecule has 1 saturated carbocycles. The monoisotopic (exact) mass is 400 g/mol. The quantitative estimate of drug-likeness (QED) is 0.444. The van der Waals surface area contributed by atoms with Gasteiger partial charge in [-0.25, -0.2) is 5.43 Å². The van der Waals surface area contributed by atoms with Gasteiger partial charge in [-0.1, -0.05) is 59.7 Å². The second kappa shape index (κ2) is 7.67. The molecule has 1 aliphatic carbocycles. The highest BCUT2D eigenvalue weighted by Gasteiger charge is 2.60. The number of carbonyl (C=O) groups is 1. The van der Waals surface area contributed by atoms with E-state index in [4.69, 9.17) is 0 Å². The second-order valence-electron chi connectivity index (χ2n) is 7.94. The van der Waals surface area contributed by atoms with Crippen LogP contribution in [0.1, 0.15) is 34.2 Å². The minimum absolute atomic E-state index is 0.0345. The van der Waals surface area contributed by atoms with Crippen LogP contribution in [0, 0.1) is 19.8 Å². The number of aromatic hydroxyl groups is 2. The van der Waals surface area contributed by atoms with Crippen molar-refractivity contribution in [2.75, 3.05) is 0 Å². The third-order valence-electron chi connectivity index (χ3n) is 5.74. The topological polar surface area (TPSA) is 81.9 Å². The van der Waals surface area contributed by atoms with E-state index in [1.165, 1.54) is 24.4 Å². The van der Waals surface area contributed by atoms with Crippen molar-refractivity contribution >= 4 is 12.1 Å². The molecule has 0 radical (unpaired) electrons. The largest absolute Gasteiger partial charge is 0.508 e. The van der Waals surface area contributed by atoms with Gasteiger partial charge < -0.3 is 10.2 Å². The van der Waals surface area contributed by atoms with Gasteiger partial charge in [-0.2, -0.15) is 5.10 Å². The lowest BCUT2D eigenvalue weighted by Gasteiger charge is -2.19. The van der Waals surface area contributed by atoms with Gasteiger partial charge in [0.2, 0.25) is 5.91 Å². The van der Waals surface area contributed by atoms with E-state index >= 15 is 0 Å². The average Bonchev–Trinajstić information content (AvgIpc) is 3.47. The molecule has 3 aromatic carbocycles. The molecule has 0 aromatic heterocycles. The first-order valence-electron chi connectivity index (χ1n) is 9.89. The van der Waals surface area contributed by atoms with Crippen LogP contribution in [-0.4, -0.2) is 22.3 Å². The van der Waals surface area contributed by atoms with Crippen molar-refractivity contribution in [1.82, 2.24) is 5.43 Å². The Bertz CT molecular complexity index is 1090. The lowest BCUT2D eigenvalue weighted by molar-refractivity contribution is -0.122. The molecule has 0 aliphatic heterocycles. The number of hydrogen-bond donors (Lipinski definition) is 3. The van der Waals surface area contributed by atoms with E-state index < -0.39 is 0 Å². The molecule has 0 saturated heterocycles. The molecule has 1 aliphatic rings. The van der Waals surface area contributed by atoms with Crippen molar-refractivity contribution in [2.45, 2.75) is 25.7 Å². The number of aryl methyl sites for hydroxylation is 2. The summed E-state index contributed by atoms with van der Waals surface area (Å²) in [4.78, 5) is 12.9. The summed E-state index contributed by atoms with van der Waals surface area (Å²) in [7, 11) is 0. The van der Waals surface area contributed by atoms with Crippen LogP contribution in [0.4, 0.5) is 0 Å². The minimum Gasteiger partial charge on any atom is -0.508 e. The SMILES string of the molecule is Cc1cccc(C2(c3cccc(C)c3)CC2C(=O)NN=Cc2ccc(O)cc2O)c1. The number of amides is 1. The molecule has 3 aromatic rings. The van der Waals surface area contributed by atoms with Gasteiger partial charge in [0.1, 0.15) is 11.5 Å². The first kappa shape index (κ1) is 19.7. The standard InChI is InChI=1S/C25H24N2O3/c1-16-5-3-7-19(11-16)25(20-8-4-6-17(2)12-20)14-22(25)24(30)27-26-15-18-9-10-21(28)13-23(18)29/h3-13,15,22,28-29H,14H2,1-2H3,(H,27,30). The van der Waals surface area contributed by atoms with Gasteiger partial charge in [0.15, 0.2) is 0 Å². The summed E-state index contributed by atoms with van der Waals surface area (Å²) in [5.41, 5.74) is 7.25. The van der Waals surface area contributed by atoms with Crippen LogP contribution in [0.25, 0.3) is 0 Å². The molecule has 152 valence electrons. The van der Waals surface area contributed by atoms with E-state index in [1.807, 2.05) is 12.1 Å². The fraction of sp³-hybridized carbons (Fsp3) is 0.200. The first-order valence-corrected chi connectivity index (χ1v) is 9.89. The zero-order valence-corrected chi connectivity index (χ0v) is 17.0. The number of hydrogen-bond acceptors (Lipinski definition) is 4. The lowest BCUT2D eigenvalue weighted by Crippen LogP contribution is -2.25. The van der Waals surface area contributed by atoms with E-state index in [9.17, 15) is 15.0 Å². The Kier molecular flexibility index (Phi) is 5.04. The Hall–Kier alpha value is -3.60. The van der Waals surface area contributed by atoms with Crippen LogP contribution in [-0.2, 0) is 10.2 Å². The third-order valence-corrected chi connectivity index (χ3v) is 5.74. The van der Waals surface area contributed by atoms with Crippen LogP contribution in [0.5, 0.6) is 11.5 Å². The maximum Gasteiger partial charge on any atom is 0.244 e. The molecule has 30 heavy (non-hydrogen) atoms. The molecule has 4 rings (SSSR count). The van der Waals surface area contributed by atoms with Gasteiger partial charge in [0, 0.05) is 17.0 Å². The highest BCUT2D eigenvalue weighted by atomic mass is 16.3. The van der Waals surface area contributed by atoms with Crippen molar-refractivity contribution in [1.29, 1.82) is 0 Å². The number of phenolic OH excluding ortho intramolecular Hbond substituents is 2. The first-order chi connectivity index (χ1) is 14.4. The zero-order valence-electron chi connectivity index (χ0n) is 17.0. The van der Waals surface area contributed by atoms with Crippen LogP contribution in [0.2, 0.25) is 0 Å². The van der Waals surface area contributed by atoms with Gasteiger partial charge in [-0.3, -0.25) is 4.79 Å². The van der Waals surface area contributed by atoms with Crippen molar-refractivity contribution in [3.05, 3.63) is 94.5 Å². The third kappa shape index (κ3) is 3.66. The summed E-state index contributed by atoms with van der Waals surface area (Å²) in [5, 5.41) is 23.2. The number of benzene rings is 3. The minimum atomic E-state index is -0.363. The Morgan fingerprint density at radius 1 is 1.00 bits per heavy atom. The normalized spacial score (nSPS) is 17.1. The number of rotatable bonds is 5. The summed E-state index contributed by atoms with van der Waals surface area (Å²) < 4.78 is 0. The summed E-state index contributed by atoms with van der Waals surface area (Å²) in [6, 6.07) is 20.8. The van der Waals surface area contributed by atoms with E-state index in [-0.39, 0.29) is 28.7 Å². The molecule has 0 spiro atoms. The van der Waals surface area contributed by atoms with Gasteiger partial charge in [-0.15, -0.1) is 0 Å².